The van der Waals surface area contributed by atoms with Crippen LogP contribution < -0.4 is 9.80 Å². The van der Waals surface area contributed by atoms with Crippen LogP contribution in [0.25, 0.3) is 0 Å². The van der Waals surface area contributed by atoms with Gasteiger partial charge in [0, 0.05) is 19.1 Å². The molecule has 0 saturated carbocycles. The molecule has 118 valence electrons. The zero-order valence-electron chi connectivity index (χ0n) is 12.9. The number of carbonyl (C=O) groups is 1. The van der Waals surface area contributed by atoms with Crippen molar-refractivity contribution in [3.8, 4) is 0 Å². The zero-order valence-corrected chi connectivity index (χ0v) is 12.9. The second-order valence-electron chi connectivity index (χ2n) is 6.24. The van der Waals surface area contributed by atoms with Crippen molar-refractivity contribution < 1.29 is 9.90 Å². The second kappa shape index (κ2) is 5.70. The molecule has 2 aromatic carbocycles. The van der Waals surface area contributed by atoms with E-state index in [9.17, 15) is 9.90 Å². The van der Waals surface area contributed by atoms with E-state index < -0.39 is 6.10 Å². The summed E-state index contributed by atoms with van der Waals surface area (Å²) in [5, 5.41) is 10.5. The number of para-hydroxylation sites is 2. The number of fused-ring (bicyclic) bond motifs is 3. The predicted octanol–water partition coefficient (Wildman–Crippen LogP) is 2.74. The van der Waals surface area contributed by atoms with E-state index >= 15 is 0 Å². The number of aliphatic hydroxyl groups excluding tert-OH is 1. The maximum Gasteiger partial charge on any atom is 0.260 e. The van der Waals surface area contributed by atoms with Crippen LogP contribution in [0.1, 0.15) is 24.5 Å². The van der Waals surface area contributed by atoms with Crippen LogP contribution in [-0.2, 0) is 4.79 Å². The Kier molecular flexibility index (Phi) is 3.54. The first-order valence-electron chi connectivity index (χ1n) is 8.16. The van der Waals surface area contributed by atoms with E-state index in [1.54, 1.807) is 17.0 Å². The molecule has 4 nitrogen and oxygen atoms in total. The van der Waals surface area contributed by atoms with Crippen molar-refractivity contribution in [1.29, 1.82) is 0 Å². The van der Waals surface area contributed by atoms with Crippen LogP contribution in [0.15, 0.2) is 54.6 Å². The standard InChI is InChI=1S/C19H20N2O2/c22-18(14-7-2-1-3-8-14)19(23)21-13-15-9-6-12-20(15)16-10-4-5-11-17(16)21/h1-5,7-8,10-11,15,18,22H,6,9,12-13H2/t15?,18-/m0/s1. The largest absolute Gasteiger partial charge is 0.378 e. The summed E-state index contributed by atoms with van der Waals surface area (Å²) in [4.78, 5) is 17.1. The van der Waals surface area contributed by atoms with Crippen LogP contribution >= 0.6 is 0 Å². The normalized spacial score (nSPS) is 20.8. The molecule has 1 saturated heterocycles. The molecule has 1 unspecified atom stereocenters. The third-order valence-corrected chi connectivity index (χ3v) is 4.87. The number of rotatable bonds is 2. The number of nitrogens with zero attached hydrogens (tertiary/aromatic N) is 2. The highest BCUT2D eigenvalue weighted by Crippen LogP contribution is 2.40. The molecule has 2 atom stereocenters. The Hall–Kier alpha value is -2.33. The lowest BCUT2D eigenvalue weighted by Crippen LogP contribution is -2.49. The number of hydrogen-bond acceptors (Lipinski definition) is 3. The molecule has 0 aromatic heterocycles. The smallest absolute Gasteiger partial charge is 0.260 e. The van der Waals surface area contributed by atoms with E-state index in [0.717, 1.165) is 30.8 Å². The monoisotopic (exact) mass is 308 g/mol. The molecule has 0 spiro atoms. The Bertz CT molecular complexity index is 716. The molecule has 0 bridgehead atoms. The molecule has 2 aliphatic heterocycles. The number of hydrogen-bond donors (Lipinski definition) is 1. The Morgan fingerprint density at radius 3 is 2.52 bits per heavy atom. The molecule has 1 amide bonds. The summed E-state index contributed by atoms with van der Waals surface area (Å²) in [5.41, 5.74) is 2.66. The Labute approximate surface area is 136 Å². The van der Waals surface area contributed by atoms with E-state index in [0.29, 0.717) is 18.2 Å². The van der Waals surface area contributed by atoms with Crippen molar-refractivity contribution in [1.82, 2.24) is 0 Å². The molecule has 1 fully saturated rings. The fourth-order valence-corrected chi connectivity index (χ4v) is 3.72. The van der Waals surface area contributed by atoms with Crippen LogP contribution in [0.2, 0.25) is 0 Å². The van der Waals surface area contributed by atoms with Gasteiger partial charge in [0.15, 0.2) is 6.10 Å². The van der Waals surface area contributed by atoms with Gasteiger partial charge in [0.2, 0.25) is 0 Å². The lowest BCUT2D eigenvalue weighted by Gasteiger charge is -2.40. The molecular weight excluding hydrogens is 288 g/mol. The van der Waals surface area contributed by atoms with E-state index in [1.807, 2.05) is 36.4 Å². The summed E-state index contributed by atoms with van der Waals surface area (Å²) in [7, 11) is 0. The van der Waals surface area contributed by atoms with Crippen molar-refractivity contribution in [2.24, 2.45) is 0 Å². The van der Waals surface area contributed by atoms with Gasteiger partial charge < -0.3 is 14.9 Å². The minimum Gasteiger partial charge on any atom is -0.378 e. The van der Waals surface area contributed by atoms with Gasteiger partial charge in [-0.05, 0) is 30.5 Å². The van der Waals surface area contributed by atoms with Crippen molar-refractivity contribution in [2.45, 2.75) is 25.0 Å². The van der Waals surface area contributed by atoms with Gasteiger partial charge in [-0.1, -0.05) is 42.5 Å². The molecular formula is C19H20N2O2. The highest BCUT2D eigenvalue weighted by Gasteiger charge is 2.37. The molecule has 2 heterocycles. The van der Waals surface area contributed by atoms with Crippen LogP contribution in [-0.4, -0.2) is 30.1 Å². The molecule has 2 aliphatic rings. The summed E-state index contributed by atoms with van der Waals surface area (Å²) in [6.45, 7) is 1.70. The number of amides is 1. The summed E-state index contributed by atoms with van der Waals surface area (Å²) in [5.74, 6) is -0.241. The first kappa shape index (κ1) is 14.3. The van der Waals surface area contributed by atoms with Gasteiger partial charge >= 0.3 is 0 Å². The third-order valence-electron chi connectivity index (χ3n) is 4.87. The van der Waals surface area contributed by atoms with Crippen LogP contribution in [0.4, 0.5) is 11.4 Å². The summed E-state index contributed by atoms with van der Waals surface area (Å²) >= 11 is 0. The molecule has 4 heteroatoms. The molecule has 23 heavy (non-hydrogen) atoms. The van der Waals surface area contributed by atoms with Crippen molar-refractivity contribution in [3.63, 3.8) is 0 Å². The Morgan fingerprint density at radius 2 is 1.74 bits per heavy atom. The lowest BCUT2D eigenvalue weighted by atomic mass is 10.0. The number of carbonyl (C=O) groups excluding carboxylic acids is 1. The highest BCUT2D eigenvalue weighted by atomic mass is 16.3. The summed E-state index contributed by atoms with van der Waals surface area (Å²) in [6.07, 6.45) is 1.14. The maximum absolute atomic E-state index is 12.9. The lowest BCUT2D eigenvalue weighted by molar-refractivity contribution is -0.127. The topological polar surface area (TPSA) is 43.8 Å². The fourth-order valence-electron chi connectivity index (χ4n) is 3.72. The van der Waals surface area contributed by atoms with Crippen LogP contribution in [0.5, 0.6) is 0 Å². The van der Waals surface area contributed by atoms with Gasteiger partial charge in [0.25, 0.3) is 5.91 Å². The zero-order chi connectivity index (χ0) is 15.8. The predicted molar refractivity (Wildman–Crippen MR) is 90.6 cm³/mol. The van der Waals surface area contributed by atoms with Crippen molar-refractivity contribution in [2.75, 3.05) is 22.9 Å². The molecule has 1 N–H and O–H groups in total. The average molecular weight is 308 g/mol. The minimum absolute atomic E-state index is 0.241. The first-order valence-corrected chi connectivity index (χ1v) is 8.16. The van der Waals surface area contributed by atoms with E-state index in [4.69, 9.17) is 0 Å². The quantitative estimate of drug-likeness (QED) is 0.928. The Balaban J connectivity index is 1.69. The Morgan fingerprint density at radius 1 is 1.04 bits per heavy atom. The number of anilines is 2. The summed E-state index contributed by atoms with van der Waals surface area (Å²) < 4.78 is 0. The van der Waals surface area contributed by atoms with Gasteiger partial charge in [-0.15, -0.1) is 0 Å². The molecule has 4 rings (SSSR count). The first-order chi connectivity index (χ1) is 11.3. The van der Waals surface area contributed by atoms with E-state index in [2.05, 4.69) is 11.0 Å². The van der Waals surface area contributed by atoms with Gasteiger partial charge in [-0.2, -0.15) is 0 Å². The second-order valence-corrected chi connectivity index (χ2v) is 6.24. The fraction of sp³-hybridized carbons (Fsp3) is 0.316. The van der Waals surface area contributed by atoms with Crippen molar-refractivity contribution in [3.05, 3.63) is 60.2 Å². The van der Waals surface area contributed by atoms with Gasteiger partial charge in [0.05, 0.1) is 11.4 Å². The average Bonchev–Trinajstić information content (AvgIpc) is 3.09. The van der Waals surface area contributed by atoms with E-state index in [1.165, 1.54) is 0 Å². The van der Waals surface area contributed by atoms with Crippen LogP contribution in [0.3, 0.4) is 0 Å². The van der Waals surface area contributed by atoms with Gasteiger partial charge in [0.1, 0.15) is 0 Å². The molecule has 2 aromatic rings. The highest BCUT2D eigenvalue weighted by molar-refractivity contribution is 6.01. The molecule has 0 aliphatic carbocycles. The SMILES string of the molecule is O=C([C@@H](O)c1ccccc1)N1CC2CCCN2c2ccccc21. The van der Waals surface area contributed by atoms with Crippen molar-refractivity contribution >= 4 is 17.3 Å². The number of benzene rings is 2. The maximum atomic E-state index is 12.9. The third kappa shape index (κ3) is 2.39. The molecule has 0 radical (unpaired) electrons. The van der Waals surface area contributed by atoms with Gasteiger partial charge in [-0.3, -0.25) is 4.79 Å². The number of aliphatic hydroxyl groups is 1. The van der Waals surface area contributed by atoms with E-state index in [-0.39, 0.29) is 5.91 Å². The minimum atomic E-state index is -1.11. The van der Waals surface area contributed by atoms with Crippen LogP contribution in [0, 0.1) is 0 Å². The summed E-state index contributed by atoms with van der Waals surface area (Å²) in [6, 6.07) is 17.5. The van der Waals surface area contributed by atoms with Gasteiger partial charge in [-0.25, -0.2) is 0 Å².